The van der Waals surface area contributed by atoms with Crippen molar-refractivity contribution in [3.05, 3.63) is 53.4 Å². The third-order valence-corrected chi connectivity index (χ3v) is 3.31. The van der Waals surface area contributed by atoms with Gasteiger partial charge in [0.2, 0.25) is 0 Å². The molecule has 0 saturated carbocycles. The molecular weight excluding hydrogens is 230 g/mol. The SMILES string of the molecule is C=C(CCC=C(C)C)CCCc1ccc(CC)cn1. The second-order valence-corrected chi connectivity index (χ2v) is 5.44. The summed E-state index contributed by atoms with van der Waals surface area (Å²) < 4.78 is 0. The molecule has 0 aliphatic heterocycles. The lowest BCUT2D eigenvalue weighted by molar-refractivity contribution is 0.759. The van der Waals surface area contributed by atoms with Crippen molar-refractivity contribution in [3.63, 3.8) is 0 Å². The Bertz CT molecular complexity index is 408. The average molecular weight is 257 g/mol. The Labute approximate surface area is 118 Å². The summed E-state index contributed by atoms with van der Waals surface area (Å²) in [6.45, 7) is 10.6. The van der Waals surface area contributed by atoms with E-state index in [0.29, 0.717) is 0 Å². The molecule has 0 aromatic carbocycles. The molecule has 0 amide bonds. The second-order valence-electron chi connectivity index (χ2n) is 5.44. The summed E-state index contributed by atoms with van der Waals surface area (Å²) in [6, 6.07) is 4.34. The van der Waals surface area contributed by atoms with Crippen molar-refractivity contribution >= 4 is 0 Å². The van der Waals surface area contributed by atoms with Crippen LogP contribution < -0.4 is 0 Å². The first kappa shape index (κ1) is 15.7. The van der Waals surface area contributed by atoms with E-state index in [4.69, 9.17) is 0 Å². The summed E-state index contributed by atoms with van der Waals surface area (Å²) in [4.78, 5) is 4.49. The van der Waals surface area contributed by atoms with Gasteiger partial charge in [-0.3, -0.25) is 4.98 Å². The van der Waals surface area contributed by atoms with Crippen LogP contribution in [0.2, 0.25) is 0 Å². The zero-order valence-electron chi connectivity index (χ0n) is 12.7. The quantitative estimate of drug-likeness (QED) is 0.578. The van der Waals surface area contributed by atoms with Gasteiger partial charge >= 0.3 is 0 Å². The maximum absolute atomic E-state index is 4.49. The van der Waals surface area contributed by atoms with Crippen LogP contribution in [0.5, 0.6) is 0 Å². The number of aromatic nitrogens is 1. The summed E-state index contributed by atoms with van der Waals surface area (Å²) >= 11 is 0. The average Bonchev–Trinajstić information content (AvgIpc) is 2.39. The van der Waals surface area contributed by atoms with Gasteiger partial charge in [0.1, 0.15) is 0 Å². The van der Waals surface area contributed by atoms with Crippen LogP contribution in [0.4, 0.5) is 0 Å². The van der Waals surface area contributed by atoms with Gasteiger partial charge in [0.15, 0.2) is 0 Å². The zero-order chi connectivity index (χ0) is 14.1. The van der Waals surface area contributed by atoms with Gasteiger partial charge in [-0.1, -0.05) is 36.8 Å². The van der Waals surface area contributed by atoms with E-state index in [1.165, 1.54) is 22.4 Å². The Kier molecular flexibility index (Phi) is 7.17. The summed E-state index contributed by atoms with van der Waals surface area (Å²) in [5.41, 5.74) is 5.28. The van der Waals surface area contributed by atoms with E-state index in [9.17, 15) is 0 Å². The number of nitrogens with zero attached hydrogens (tertiary/aromatic N) is 1. The van der Waals surface area contributed by atoms with Crippen LogP contribution in [0, 0.1) is 0 Å². The first-order chi connectivity index (χ1) is 9.11. The van der Waals surface area contributed by atoms with Crippen molar-refractivity contribution in [2.24, 2.45) is 0 Å². The van der Waals surface area contributed by atoms with Crippen molar-refractivity contribution in [1.29, 1.82) is 0 Å². The van der Waals surface area contributed by atoms with Crippen molar-refractivity contribution in [1.82, 2.24) is 4.98 Å². The van der Waals surface area contributed by atoms with Crippen LogP contribution in [-0.4, -0.2) is 4.98 Å². The molecule has 0 unspecified atom stereocenters. The smallest absolute Gasteiger partial charge is 0.0403 e. The predicted octanol–water partition coefficient (Wildman–Crippen LogP) is 5.27. The Balaban J connectivity index is 2.22. The highest BCUT2D eigenvalue weighted by atomic mass is 14.7. The number of allylic oxidation sites excluding steroid dienone is 3. The van der Waals surface area contributed by atoms with Crippen LogP contribution in [-0.2, 0) is 12.8 Å². The van der Waals surface area contributed by atoms with Gasteiger partial charge in [-0.15, -0.1) is 0 Å². The van der Waals surface area contributed by atoms with E-state index in [1.54, 1.807) is 0 Å². The largest absolute Gasteiger partial charge is 0.261 e. The van der Waals surface area contributed by atoms with Crippen molar-refractivity contribution in [2.45, 2.75) is 59.3 Å². The van der Waals surface area contributed by atoms with Gasteiger partial charge in [0, 0.05) is 11.9 Å². The molecule has 1 heteroatoms. The highest BCUT2D eigenvalue weighted by Crippen LogP contribution is 2.13. The molecule has 1 rings (SSSR count). The first-order valence-corrected chi connectivity index (χ1v) is 7.35. The fraction of sp³-hybridized carbons (Fsp3) is 0.500. The van der Waals surface area contributed by atoms with Gasteiger partial charge in [-0.05, 0) is 64.0 Å². The molecule has 0 bridgehead atoms. The van der Waals surface area contributed by atoms with Gasteiger partial charge in [0.25, 0.3) is 0 Å². The standard InChI is InChI=1S/C18H27N/c1-5-17-12-13-18(19-14-17)11-7-10-16(4)9-6-8-15(2)3/h8,12-14H,4-7,9-11H2,1-3H3. The van der Waals surface area contributed by atoms with E-state index in [0.717, 1.165) is 38.5 Å². The van der Waals surface area contributed by atoms with E-state index in [1.807, 2.05) is 6.20 Å². The molecule has 0 saturated heterocycles. The molecule has 104 valence electrons. The zero-order valence-corrected chi connectivity index (χ0v) is 12.7. The highest BCUT2D eigenvalue weighted by molar-refractivity contribution is 5.14. The predicted molar refractivity (Wildman–Crippen MR) is 84.4 cm³/mol. The highest BCUT2D eigenvalue weighted by Gasteiger charge is 1.98. The monoisotopic (exact) mass is 257 g/mol. The Morgan fingerprint density at radius 2 is 2.05 bits per heavy atom. The van der Waals surface area contributed by atoms with Crippen LogP contribution >= 0.6 is 0 Å². The minimum Gasteiger partial charge on any atom is -0.261 e. The Morgan fingerprint density at radius 1 is 1.26 bits per heavy atom. The van der Waals surface area contributed by atoms with Gasteiger partial charge in [-0.2, -0.15) is 0 Å². The maximum Gasteiger partial charge on any atom is 0.0403 e. The molecule has 1 nitrogen and oxygen atoms in total. The van der Waals surface area contributed by atoms with E-state index in [-0.39, 0.29) is 0 Å². The van der Waals surface area contributed by atoms with E-state index >= 15 is 0 Å². The van der Waals surface area contributed by atoms with Gasteiger partial charge in [0.05, 0.1) is 0 Å². The molecule has 1 aromatic rings. The van der Waals surface area contributed by atoms with Crippen molar-refractivity contribution in [2.75, 3.05) is 0 Å². The minimum absolute atomic E-state index is 1.06. The Morgan fingerprint density at radius 3 is 2.63 bits per heavy atom. The fourth-order valence-corrected chi connectivity index (χ4v) is 2.02. The normalized spacial score (nSPS) is 10.3. The molecular formula is C18H27N. The second kappa shape index (κ2) is 8.68. The molecule has 19 heavy (non-hydrogen) atoms. The molecule has 0 N–H and O–H groups in total. The molecule has 0 fully saturated rings. The molecule has 0 radical (unpaired) electrons. The molecule has 1 heterocycles. The summed E-state index contributed by atoms with van der Waals surface area (Å²) in [5, 5.41) is 0. The number of pyridine rings is 1. The summed E-state index contributed by atoms with van der Waals surface area (Å²) in [5.74, 6) is 0. The van der Waals surface area contributed by atoms with E-state index in [2.05, 4.69) is 50.5 Å². The molecule has 0 aliphatic rings. The third-order valence-electron chi connectivity index (χ3n) is 3.31. The van der Waals surface area contributed by atoms with Crippen LogP contribution in [0.15, 0.2) is 42.1 Å². The molecule has 0 spiro atoms. The number of rotatable bonds is 8. The minimum atomic E-state index is 1.06. The topological polar surface area (TPSA) is 12.9 Å². The maximum atomic E-state index is 4.49. The lowest BCUT2D eigenvalue weighted by atomic mass is 10.0. The molecule has 1 aromatic heterocycles. The van der Waals surface area contributed by atoms with Gasteiger partial charge < -0.3 is 0 Å². The van der Waals surface area contributed by atoms with Crippen LogP contribution in [0.3, 0.4) is 0 Å². The lowest BCUT2D eigenvalue weighted by Crippen LogP contribution is -1.93. The summed E-state index contributed by atoms with van der Waals surface area (Å²) in [7, 11) is 0. The van der Waals surface area contributed by atoms with Crippen LogP contribution in [0.25, 0.3) is 0 Å². The van der Waals surface area contributed by atoms with Crippen molar-refractivity contribution < 1.29 is 0 Å². The first-order valence-electron chi connectivity index (χ1n) is 7.35. The fourth-order valence-electron chi connectivity index (χ4n) is 2.02. The van der Waals surface area contributed by atoms with Crippen LogP contribution in [0.1, 0.15) is 57.7 Å². The Hall–Kier alpha value is -1.37. The third kappa shape index (κ3) is 6.95. The molecule has 0 atom stereocenters. The van der Waals surface area contributed by atoms with Gasteiger partial charge in [-0.25, -0.2) is 0 Å². The lowest BCUT2D eigenvalue weighted by Gasteiger charge is -2.05. The number of hydrogen-bond donors (Lipinski definition) is 0. The molecule has 0 aliphatic carbocycles. The van der Waals surface area contributed by atoms with Crippen molar-refractivity contribution in [3.8, 4) is 0 Å². The van der Waals surface area contributed by atoms with E-state index < -0.39 is 0 Å². The number of hydrogen-bond acceptors (Lipinski definition) is 1. The summed E-state index contributed by atoms with van der Waals surface area (Å²) in [6.07, 6.45) is 10.9. The number of aryl methyl sites for hydroxylation is 2.